The van der Waals surface area contributed by atoms with Crippen molar-refractivity contribution < 1.29 is 13.7 Å². The molecule has 0 fully saturated rings. The van der Waals surface area contributed by atoms with E-state index in [1.54, 1.807) is 18.4 Å². The van der Waals surface area contributed by atoms with Gasteiger partial charge < -0.3 is 20.2 Å². The lowest BCUT2D eigenvalue weighted by atomic mass is 10.1. The fraction of sp³-hybridized carbons (Fsp3) is 0.316. The van der Waals surface area contributed by atoms with E-state index < -0.39 is 11.2 Å². The van der Waals surface area contributed by atoms with Crippen molar-refractivity contribution in [2.24, 2.45) is 8.80 Å². The van der Waals surface area contributed by atoms with E-state index in [0.717, 1.165) is 11.3 Å². The van der Waals surface area contributed by atoms with Crippen LogP contribution in [0.3, 0.4) is 0 Å². The molecule has 1 aliphatic rings. The molecule has 1 aliphatic heterocycles. The number of nitrogens with one attached hydrogen (secondary N) is 2. The summed E-state index contributed by atoms with van der Waals surface area (Å²) in [7, 11) is 0. The third kappa shape index (κ3) is 4.07. The summed E-state index contributed by atoms with van der Waals surface area (Å²) >= 11 is -1.77. The second-order valence-corrected chi connectivity index (χ2v) is 7.42. The summed E-state index contributed by atoms with van der Waals surface area (Å²) in [6, 6.07) is 8.43. The summed E-state index contributed by atoms with van der Waals surface area (Å²) < 4.78 is 25.5. The van der Waals surface area contributed by atoms with Crippen molar-refractivity contribution in [2.45, 2.75) is 39.2 Å². The highest BCUT2D eigenvalue weighted by Gasteiger charge is 2.25. The summed E-state index contributed by atoms with van der Waals surface area (Å²) in [4.78, 5) is 0. The average molecular weight is 399 g/mol. The number of amidine groups is 2. The first kappa shape index (κ1) is 19.6. The Hall–Kier alpha value is -3.12. The highest BCUT2D eigenvalue weighted by molar-refractivity contribution is 7.83. The van der Waals surface area contributed by atoms with Gasteiger partial charge in [0.1, 0.15) is 11.8 Å². The van der Waals surface area contributed by atoms with Crippen LogP contribution in [0.25, 0.3) is 0 Å². The van der Waals surface area contributed by atoms with E-state index in [1.807, 2.05) is 19.1 Å². The first-order valence-corrected chi connectivity index (χ1v) is 9.93. The van der Waals surface area contributed by atoms with E-state index in [0.29, 0.717) is 18.2 Å². The van der Waals surface area contributed by atoms with Gasteiger partial charge in [-0.1, -0.05) is 26.8 Å². The highest BCUT2D eigenvalue weighted by Crippen LogP contribution is 2.28. The van der Waals surface area contributed by atoms with Gasteiger partial charge in [-0.15, -0.1) is 8.80 Å². The van der Waals surface area contributed by atoms with Gasteiger partial charge in [-0.05, 0) is 36.1 Å². The Kier molecular flexibility index (Phi) is 5.80. The van der Waals surface area contributed by atoms with Crippen molar-refractivity contribution >= 4 is 28.5 Å². The van der Waals surface area contributed by atoms with Gasteiger partial charge in [-0.3, -0.25) is 0 Å². The molecular formula is C19H21N5O3S. The number of anilines is 1. The molecule has 0 aliphatic carbocycles. The molecular weight excluding hydrogens is 378 g/mol. The summed E-state index contributed by atoms with van der Waals surface area (Å²) in [5.74, 6) is 1.41. The third-order valence-electron chi connectivity index (χ3n) is 4.34. The summed E-state index contributed by atoms with van der Waals surface area (Å²) in [5, 5.41) is 25.3. The predicted molar refractivity (Wildman–Crippen MR) is 108 cm³/mol. The summed E-state index contributed by atoms with van der Waals surface area (Å²) in [6.07, 6.45) is 2.44. The molecule has 0 bridgehead atoms. The van der Waals surface area contributed by atoms with Gasteiger partial charge in [-0.25, -0.2) is 4.21 Å². The molecule has 0 saturated heterocycles. The molecule has 3 rings (SSSR count). The molecule has 28 heavy (non-hydrogen) atoms. The van der Waals surface area contributed by atoms with E-state index in [9.17, 15) is 9.32 Å². The lowest BCUT2D eigenvalue weighted by Crippen LogP contribution is -2.36. The Morgan fingerprint density at radius 2 is 2.07 bits per heavy atom. The Labute approximate surface area is 165 Å². The molecule has 2 heterocycles. The molecule has 0 radical (unpaired) electrons. The predicted octanol–water partition coefficient (Wildman–Crippen LogP) is 3.52. The van der Waals surface area contributed by atoms with Crippen LogP contribution in [0.15, 0.2) is 43.7 Å². The van der Waals surface area contributed by atoms with Crippen LogP contribution in [0.5, 0.6) is 5.75 Å². The number of rotatable bonds is 5. The lowest BCUT2D eigenvalue weighted by molar-refractivity contribution is 0.439. The van der Waals surface area contributed by atoms with Crippen molar-refractivity contribution in [3.8, 4) is 11.8 Å². The van der Waals surface area contributed by atoms with Crippen molar-refractivity contribution in [3.63, 3.8) is 0 Å². The molecule has 0 spiro atoms. The first-order valence-electron chi connectivity index (χ1n) is 8.86. The molecule has 9 heteroatoms. The van der Waals surface area contributed by atoms with Crippen LogP contribution in [-0.2, 0) is 11.2 Å². The van der Waals surface area contributed by atoms with Crippen LogP contribution in [0, 0.1) is 11.3 Å². The number of benzene rings is 1. The number of nitrogens with zero attached hydrogens (tertiary/aromatic N) is 3. The SMILES string of the molecule is CC[C@@H](NC1=NS(=O)N=C1Nc1cccc(C#N)c1O)c1cc(C(C)C)co1. The molecule has 2 aromatic rings. The maximum absolute atomic E-state index is 11.9. The molecule has 8 nitrogen and oxygen atoms in total. The zero-order valence-electron chi connectivity index (χ0n) is 15.8. The zero-order chi connectivity index (χ0) is 20.3. The Bertz CT molecular complexity index is 1000. The Morgan fingerprint density at radius 3 is 2.71 bits per heavy atom. The molecule has 146 valence electrons. The van der Waals surface area contributed by atoms with Gasteiger partial charge in [-0.2, -0.15) is 5.26 Å². The second kappa shape index (κ2) is 8.27. The quantitative estimate of drug-likeness (QED) is 0.661. The van der Waals surface area contributed by atoms with E-state index in [2.05, 4.69) is 33.3 Å². The van der Waals surface area contributed by atoms with E-state index in [-0.39, 0.29) is 28.9 Å². The number of furan rings is 1. The van der Waals surface area contributed by atoms with Gasteiger partial charge in [0.2, 0.25) is 0 Å². The van der Waals surface area contributed by atoms with Crippen LogP contribution < -0.4 is 10.6 Å². The largest absolute Gasteiger partial charge is 0.504 e. The normalized spacial score (nSPS) is 17.0. The molecule has 0 amide bonds. The third-order valence-corrected chi connectivity index (χ3v) is 5.02. The minimum absolute atomic E-state index is 0.124. The van der Waals surface area contributed by atoms with Gasteiger partial charge in [0, 0.05) is 0 Å². The topological polar surface area (TPSA) is 123 Å². The van der Waals surface area contributed by atoms with Gasteiger partial charge in [0.25, 0.3) is 11.2 Å². The average Bonchev–Trinajstić information content (AvgIpc) is 3.28. The zero-order valence-corrected chi connectivity index (χ0v) is 16.6. The van der Waals surface area contributed by atoms with Gasteiger partial charge in [0.15, 0.2) is 17.4 Å². The fourth-order valence-corrected chi connectivity index (χ4v) is 3.32. The number of nitriles is 1. The molecule has 2 atom stereocenters. The second-order valence-electron chi connectivity index (χ2n) is 6.59. The van der Waals surface area contributed by atoms with Crippen LogP contribution in [0.2, 0.25) is 0 Å². The monoisotopic (exact) mass is 399 g/mol. The molecule has 3 N–H and O–H groups in total. The first-order chi connectivity index (χ1) is 13.4. The lowest BCUT2D eigenvalue weighted by Gasteiger charge is -2.17. The van der Waals surface area contributed by atoms with Crippen molar-refractivity contribution in [2.75, 3.05) is 5.32 Å². The van der Waals surface area contributed by atoms with Crippen molar-refractivity contribution in [1.82, 2.24) is 5.32 Å². The minimum atomic E-state index is -1.77. The fourth-order valence-electron chi connectivity index (χ4n) is 2.70. The van der Waals surface area contributed by atoms with E-state index in [4.69, 9.17) is 9.68 Å². The van der Waals surface area contributed by atoms with Gasteiger partial charge in [0.05, 0.1) is 23.6 Å². The maximum Gasteiger partial charge on any atom is 0.269 e. The maximum atomic E-state index is 11.9. The molecule has 1 aromatic heterocycles. The molecule has 1 unspecified atom stereocenters. The van der Waals surface area contributed by atoms with Crippen LogP contribution >= 0.6 is 0 Å². The Balaban J connectivity index is 1.81. The Morgan fingerprint density at radius 1 is 1.32 bits per heavy atom. The van der Waals surface area contributed by atoms with Crippen molar-refractivity contribution in [3.05, 3.63) is 47.4 Å². The number of phenols is 1. The molecule has 0 saturated carbocycles. The summed E-state index contributed by atoms with van der Waals surface area (Å²) in [5.41, 5.74) is 1.50. The van der Waals surface area contributed by atoms with Crippen LogP contribution in [-0.4, -0.2) is 21.0 Å². The number of hydrogen-bond donors (Lipinski definition) is 3. The number of phenolic OH excluding ortho intramolecular Hbond substituents is 1. The van der Waals surface area contributed by atoms with Crippen LogP contribution in [0.1, 0.15) is 56.0 Å². The number of hydrogen-bond acceptors (Lipinski definition) is 6. The van der Waals surface area contributed by atoms with Crippen molar-refractivity contribution in [1.29, 1.82) is 5.26 Å². The van der Waals surface area contributed by atoms with E-state index >= 15 is 0 Å². The molecule has 1 aromatic carbocycles. The van der Waals surface area contributed by atoms with Crippen LogP contribution in [0.4, 0.5) is 5.69 Å². The van der Waals surface area contributed by atoms with Gasteiger partial charge >= 0.3 is 0 Å². The summed E-state index contributed by atoms with van der Waals surface area (Å²) in [6.45, 7) is 6.17. The smallest absolute Gasteiger partial charge is 0.269 e. The number of para-hydroxylation sites is 1. The minimum Gasteiger partial charge on any atom is -0.504 e. The standard InChI is InChI=1S/C19H21N5O3S/c1-4-14(16-8-13(10-27-16)11(2)3)21-18-19(24-28(26)23-18)22-15-7-5-6-12(9-20)17(15)25/h5-8,10-11,14,25H,4H2,1-3H3,(H,21,23)(H,22,24)/t14-,28?/m1/s1. The van der Waals surface area contributed by atoms with E-state index in [1.165, 1.54) is 6.07 Å². The highest BCUT2D eigenvalue weighted by atomic mass is 32.2. The number of aromatic hydroxyl groups is 1.